The predicted molar refractivity (Wildman–Crippen MR) is 83.7 cm³/mol. The van der Waals surface area contributed by atoms with Gasteiger partial charge in [-0.05, 0) is 38.9 Å². The molecule has 20 heavy (non-hydrogen) atoms. The van der Waals surface area contributed by atoms with Crippen molar-refractivity contribution >= 4 is 15.9 Å². The van der Waals surface area contributed by atoms with Crippen molar-refractivity contribution in [1.29, 1.82) is 0 Å². The maximum absolute atomic E-state index is 5.45. The van der Waals surface area contributed by atoms with Crippen LogP contribution >= 0.6 is 15.9 Å². The fourth-order valence-electron chi connectivity index (χ4n) is 2.18. The fraction of sp³-hybridized carbons (Fsp3) is 0.467. The molecule has 0 spiro atoms. The Kier molecular flexibility index (Phi) is 4.94. The summed E-state index contributed by atoms with van der Waals surface area (Å²) in [5.74, 6) is 1.57. The van der Waals surface area contributed by atoms with E-state index in [-0.39, 0.29) is 5.92 Å². The summed E-state index contributed by atoms with van der Waals surface area (Å²) < 4.78 is 6.50. The van der Waals surface area contributed by atoms with E-state index >= 15 is 0 Å². The minimum atomic E-state index is 0.232. The van der Waals surface area contributed by atoms with E-state index in [4.69, 9.17) is 4.52 Å². The Morgan fingerprint density at radius 1 is 1.40 bits per heavy atom. The third-order valence-corrected chi connectivity index (χ3v) is 4.54. The van der Waals surface area contributed by atoms with E-state index in [2.05, 4.69) is 52.2 Å². The van der Waals surface area contributed by atoms with Crippen LogP contribution in [0, 0.1) is 6.92 Å². The van der Waals surface area contributed by atoms with Gasteiger partial charge >= 0.3 is 0 Å². The largest absolute Gasteiger partial charge is 0.339 e. The standard InChI is InChI=1S/C15H20BrN3O/c1-5-12(10(3)17-4)15-18-14(19-20-15)11-7-6-9(2)13(16)8-11/h6-8,10,12,17H,5H2,1-4H3. The Morgan fingerprint density at radius 2 is 2.15 bits per heavy atom. The molecule has 4 nitrogen and oxygen atoms in total. The molecule has 2 aromatic rings. The van der Waals surface area contributed by atoms with Gasteiger partial charge < -0.3 is 9.84 Å². The third-order valence-electron chi connectivity index (χ3n) is 3.69. The van der Waals surface area contributed by atoms with E-state index in [0.29, 0.717) is 17.8 Å². The molecule has 2 atom stereocenters. The first-order valence-corrected chi connectivity index (χ1v) is 7.63. The first kappa shape index (κ1) is 15.2. The lowest BCUT2D eigenvalue weighted by Gasteiger charge is -2.17. The van der Waals surface area contributed by atoms with Crippen LogP contribution in [-0.4, -0.2) is 23.2 Å². The van der Waals surface area contributed by atoms with E-state index in [1.54, 1.807) is 0 Å². The number of likely N-dealkylation sites (N-methyl/N-ethyl adjacent to an activating group) is 1. The van der Waals surface area contributed by atoms with Gasteiger partial charge in [0.25, 0.3) is 0 Å². The van der Waals surface area contributed by atoms with Crippen LogP contribution < -0.4 is 5.32 Å². The Hall–Kier alpha value is -1.20. The molecule has 108 valence electrons. The highest BCUT2D eigenvalue weighted by molar-refractivity contribution is 9.10. The average Bonchev–Trinajstić information content (AvgIpc) is 2.92. The van der Waals surface area contributed by atoms with Gasteiger partial charge in [-0.15, -0.1) is 0 Å². The number of nitrogens with zero attached hydrogens (tertiary/aromatic N) is 2. The Morgan fingerprint density at radius 3 is 2.75 bits per heavy atom. The summed E-state index contributed by atoms with van der Waals surface area (Å²) in [6, 6.07) is 6.38. The lowest BCUT2D eigenvalue weighted by molar-refractivity contribution is 0.322. The monoisotopic (exact) mass is 337 g/mol. The highest BCUT2D eigenvalue weighted by Crippen LogP contribution is 2.27. The SMILES string of the molecule is CCC(c1nc(-c2ccc(C)c(Br)c2)no1)C(C)NC. The first-order valence-electron chi connectivity index (χ1n) is 6.84. The normalized spacial score (nSPS) is 14.2. The Labute approximate surface area is 128 Å². The molecule has 0 radical (unpaired) electrons. The molecule has 1 heterocycles. The molecule has 1 aromatic carbocycles. The molecule has 1 aromatic heterocycles. The third kappa shape index (κ3) is 3.10. The molecule has 0 aliphatic heterocycles. The average molecular weight is 338 g/mol. The van der Waals surface area contributed by atoms with Gasteiger partial charge in [0.1, 0.15) is 0 Å². The lowest BCUT2D eigenvalue weighted by atomic mass is 9.98. The fourth-order valence-corrected chi connectivity index (χ4v) is 2.56. The molecule has 0 amide bonds. The van der Waals surface area contributed by atoms with Crippen molar-refractivity contribution in [2.45, 2.75) is 39.2 Å². The molecule has 0 saturated heterocycles. The van der Waals surface area contributed by atoms with E-state index in [1.165, 1.54) is 5.56 Å². The smallest absolute Gasteiger partial charge is 0.231 e. The van der Waals surface area contributed by atoms with Gasteiger partial charge in [0.05, 0.1) is 5.92 Å². The Balaban J connectivity index is 2.30. The minimum absolute atomic E-state index is 0.232. The molecule has 0 bridgehead atoms. The molecule has 2 rings (SSSR count). The van der Waals surface area contributed by atoms with E-state index in [1.807, 2.05) is 25.2 Å². The molecule has 0 aliphatic carbocycles. The molecule has 0 aliphatic rings. The summed E-state index contributed by atoms with van der Waals surface area (Å²) in [5.41, 5.74) is 2.15. The van der Waals surface area contributed by atoms with Crippen LogP contribution in [0.5, 0.6) is 0 Å². The number of nitrogens with one attached hydrogen (secondary N) is 1. The number of aromatic nitrogens is 2. The predicted octanol–water partition coefficient (Wildman–Crippen LogP) is 3.91. The number of hydrogen-bond acceptors (Lipinski definition) is 4. The molecule has 0 saturated carbocycles. The van der Waals surface area contributed by atoms with Gasteiger partial charge in [0.2, 0.25) is 11.7 Å². The number of benzene rings is 1. The van der Waals surface area contributed by atoms with Crippen LogP contribution in [0.1, 0.15) is 37.6 Å². The van der Waals surface area contributed by atoms with Crippen LogP contribution in [0.15, 0.2) is 27.2 Å². The van der Waals surface area contributed by atoms with E-state index in [0.717, 1.165) is 16.5 Å². The second kappa shape index (κ2) is 6.50. The van der Waals surface area contributed by atoms with Crippen molar-refractivity contribution in [2.24, 2.45) is 0 Å². The highest BCUT2D eigenvalue weighted by Gasteiger charge is 2.23. The van der Waals surface area contributed by atoms with Gasteiger partial charge in [0, 0.05) is 16.1 Å². The van der Waals surface area contributed by atoms with Crippen molar-refractivity contribution in [3.05, 3.63) is 34.1 Å². The molecule has 5 heteroatoms. The van der Waals surface area contributed by atoms with Gasteiger partial charge in [-0.2, -0.15) is 4.98 Å². The summed E-state index contributed by atoms with van der Waals surface area (Å²) in [5, 5.41) is 7.35. The van der Waals surface area contributed by atoms with Crippen LogP contribution in [0.25, 0.3) is 11.4 Å². The van der Waals surface area contributed by atoms with E-state index in [9.17, 15) is 0 Å². The van der Waals surface area contributed by atoms with Gasteiger partial charge in [-0.1, -0.05) is 40.1 Å². The van der Waals surface area contributed by atoms with Crippen molar-refractivity contribution in [3.8, 4) is 11.4 Å². The van der Waals surface area contributed by atoms with Gasteiger partial charge in [0.15, 0.2) is 0 Å². The summed E-state index contributed by atoms with van der Waals surface area (Å²) in [6.45, 7) is 6.31. The maximum atomic E-state index is 5.45. The summed E-state index contributed by atoms with van der Waals surface area (Å²) in [6.07, 6.45) is 0.960. The highest BCUT2D eigenvalue weighted by atomic mass is 79.9. The van der Waals surface area contributed by atoms with E-state index < -0.39 is 0 Å². The van der Waals surface area contributed by atoms with Crippen molar-refractivity contribution in [3.63, 3.8) is 0 Å². The minimum Gasteiger partial charge on any atom is -0.339 e. The van der Waals surface area contributed by atoms with Crippen LogP contribution in [0.4, 0.5) is 0 Å². The zero-order chi connectivity index (χ0) is 14.7. The number of aryl methyl sites for hydroxylation is 1. The number of rotatable bonds is 5. The van der Waals surface area contributed by atoms with Crippen LogP contribution in [-0.2, 0) is 0 Å². The van der Waals surface area contributed by atoms with Crippen LogP contribution in [0.3, 0.4) is 0 Å². The zero-order valence-corrected chi connectivity index (χ0v) is 13.9. The Bertz CT molecular complexity index is 582. The molecule has 0 fully saturated rings. The van der Waals surface area contributed by atoms with Crippen molar-refractivity contribution < 1.29 is 4.52 Å². The van der Waals surface area contributed by atoms with Crippen LogP contribution in [0.2, 0.25) is 0 Å². The molecular weight excluding hydrogens is 318 g/mol. The second-order valence-electron chi connectivity index (χ2n) is 5.01. The van der Waals surface area contributed by atoms with Crippen molar-refractivity contribution in [2.75, 3.05) is 7.05 Å². The quantitative estimate of drug-likeness (QED) is 0.898. The summed E-state index contributed by atoms with van der Waals surface area (Å²) >= 11 is 3.53. The maximum Gasteiger partial charge on any atom is 0.231 e. The topological polar surface area (TPSA) is 51.0 Å². The van der Waals surface area contributed by atoms with Crippen molar-refractivity contribution in [1.82, 2.24) is 15.5 Å². The number of halogens is 1. The number of hydrogen-bond donors (Lipinski definition) is 1. The molecular formula is C15H20BrN3O. The zero-order valence-electron chi connectivity index (χ0n) is 12.3. The summed E-state index contributed by atoms with van der Waals surface area (Å²) in [7, 11) is 1.95. The molecule has 2 unspecified atom stereocenters. The van der Waals surface area contributed by atoms with Gasteiger partial charge in [-0.25, -0.2) is 0 Å². The van der Waals surface area contributed by atoms with Gasteiger partial charge in [-0.3, -0.25) is 0 Å². The summed E-state index contributed by atoms with van der Waals surface area (Å²) in [4.78, 5) is 4.55. The second-order valence-corrected chi connectivity index (χ2v) is 5.87. The first-order chi connectivity index (χ1) is 9.56. The lowest BCUT2D eigenvalue weighted by Crippen LogP contribution is -2.28. The molecule has 1 N–H and O–H groups in total.